The highest BCUT2D eigenvalue weighted by atomic mass is 32.1. The van der Waals surface area contributed by atoms with Crippen LogP contribution < -0.4 is 5.32 Å². The Bertz CT molecular complexity index is 628. The third-order valence-electron chi connectivity index (χ3n) is 5.12. The number of nitrogens with one attached hydrogen (secondary N) is 1. The van der Waals surface area contributed by atoms with Crippen LogP contribution in [0.2, 0.25) is 0 Å². The van der Waals surface area contributed by atoms with E-state index in [4.69, 9.17) is 5.10 Å². The Morgan fingerprint density at radius 3 is 2.79 bits per heavy atom. The molecule has 2 aromatic heterocycles. The van der Waals surface area contributed by atoms with E-state index in [0.717, 1.165) is 16.8 Å². The van der Waals surface area contributed by atoms with Crippen molar-refractivity contribution in [3.05, 3.63) is 10.8 Å². The molecule has 1 aliphatic carbocycles. The van der Waals surface area contributed by atoms with Crippen LogP contribution in [0.15, 0.2) is 0 Å². The lowest BCUT2D eigenvalue weighted by atomic mass is 9.85. The van der Waals surface area contributed by atoms with Crippen LogP contribution in [0.1, 0.15) is 61.2 Å². The van der Waals surface area contributed by atoms with Crippen molar-refractivity contribution in [3.8, 4) is 0 Å². The van der Waals surface area contributed by atoms with Crippen LogP contribution in [0.3, 0.4) is 0 Å². The van der Waals surface area contributed by atoms with E-state index in [2.05, 4.69) is 15.5 Å². The van der Waals surface area contributed by atoms with Gasteiger partial charge in [0.25, 0.3) is 0 Å². The first-order chi connectivity index (χ1) is 9.38. The number of rotatable bonds is 2. The van der Waals surface area contributed by atoms with Gasteiger partial charge in [0.05, 0.1) is 0 Å². The molecule has 2 aromatic rings. The van der Waals surface area contributed by atoms with Crippen LogP contribution >= 0.6 is 11.3 Å². The number of nitrogens with zero attached hydrogens (tertiary/aromatic N) is 4. The van der Waals surface area contributed by atoms with Gasteiger partial charge in [0.2, 0.25) is 4.96 Å². The standard InChI is InChI=1S/C13H17N5S/c1-2-7(3-1)11-15-16-13-18(11)17-12(19-13)9-6-8-4-5-10(9)14-8/h7-10,14H,1-6H2. The summed E-state index contributed by atoms with van der Waals surface area (Å²) in [6.45, 7) is 0. The molecule has 0 amide bonds. The summed E-state index contributed by atoms with van der Waals surface area (Å²) in [7, 11) is 0. The molecule has 5 nitrogen and oxygen atoms in total. The fourth-order valence-corrected chi connectivity index (χ4v) is 4.84. The minimum Gasteiger partial charge on any atom is -0.311 e. The molecular weight excluding hydrogens is 258 g/mol. The maximum atomic E-state index is 4.85. The van der Waals surface area contributed by atoms with Crippen LogP contribution in [0.4, 0.5) is 0 Å². The fourth-order valence-electron chi connectivity index (χ4n) is 3.81. The second-order valence-electron chi connectivity index (χ2n) is 6.21. The molecule has 2 saturated heterocycles. The smallest absolute Gasteiger partial charge is 0.234 e. The summed E-state index contributed by atoms with van der Waals surface area (Å²) < 4.78 is 2.02. The van der Waals surface area contributed by atoms with Crippen molar-refractivity contribution in [2.45, 2.75) is 62.4 Å². The van der Waals surface area contributed by atoms with E-state index >= 15 is 0 Å². The van der Waals surface area contributed by atoms with E-state index < -0.39 is 0 Å². The average molecular weight is 275 g/mol. The maximum absolute atomic E-state index is 4.85. The van der Waals surface area contributed by atoms with E-state index in [1.807, 2.05) is 4.52 Å². The quantitative estimate of drug-likeness (QED) is 0.911. The fraction of sp³-hybridized carbons (Fsp3) is 0.769. The first kappa shape index (κ1) is 10.7. The highest BCUT2D eigenvalue weighted by Gasteiger charge is 2.41. The van der Waals surface area contributed by atoms with Crippen LogP contribution in [0, 0.1) is 0 Å². The van der Waals surface area contributed by atoms with Crippen LogP contribution in [-0.4, -0.2) is 31.9 Å². The van der Waals surface area contributed by atoms with Crippen LogP contribution in [-0.2, 0) is 0 Å². The van der Waals surface area contributed by atoms with E-state index in [1.165, 1.54) is 43.5 Å². The molecule has 1 saturated carbocycles. The summed E-state index contributed by atoms with van der Waals surface area (Å²) in [6, 6.07) is 1.39. The zero-order valence-electron chi connectivity index (χ0n) is 10.7. The van der Waals surface area contributed by atoms with Crippen molar-refractivity contribution < 1.29 is 0 Å². The first-order valence-electron chi connectivity index (χ1n) is 7.36. The third-order valence-corrected chi connectivity index (χ3v) is 6.15. The molecular formula is C13H17N5S. The molecule has 6 heteroatoms. The Morgan fingerprint density at radius 1 is 1.16 bits per heavy atom. The molecule has 0 spiro atoms. The zero-order chi connectivity index (χ0) is 12.4. The minimum atomic E-state index is 0.600. The second kappa shape index (κ2) is 3.76. The number of fused-ring (bicyclic) bond motifs is 3. The topological polar surface area (TPSA) is 55.1 Å². The normalized spacial score (nSPS) is 34.2. The average Bonchev–Trinajstić information content (AvgIpc) is 3.05. The Labute approximate surface area is 115 Å². The van der Waals surface area contributed by atoms with E-state index in [9.17, 15) is 0 Å². The van der Waals surface area contributed by atoms with E-state index in [0.29, 0.717) is 17.9 Å². The molecule has 2 aliphatic heterocycles. The van der Waals surface area contributed by atoms with Gasteiger partial charge in [-0.05, 0) is 32.1 Å². The van der Waals surface area contributed by atoms with Gasteiger partial charge in [0.1, 0.15) is 5.01 Å². The Balaban J connectivity index is 1.53. The van der Waals surface area contributed by atoms with Crippen LogP contribution in [0.25, 0.3) is 4.96 Å². The molecule has 0 radical (unpaired) electrons. The summed E-state index contributed by atoms with van der Waals surface area (Å²) >= 11 is 1.75. The molecule has 0 aromatic carbocycles. The minimum absolute atomic E-state index is 0.600. The SMILES string of the molecule is C1CC(c2nnc3sc(C4CC5CCC4N5)nn23)C1. The Kier molecular flexibility index (Phi) is 2.13. The summed E-state index contributed by atoms with van der Waals surface area (Å²) in [4.78, 5) is 0.986. The summed E-state index contributed by atoms with van der Waals surface area (Å²) in [5, 5.41) is 18.5. The van der Waals surface area contributed by atoms with Gasteiger partial charge in [0.15, 0.2) is 5.82 Å². The molecule has 3 atom stereocenters. The van der Waals surface area contributed by atoms with Gasteiger partial charge in [0, 0.05) is 23.9 Å². The Morgan fingerprint density at radius 2 is 2.11 bits per heavy atom. The summed E-state index contributed by atoms with van der Waals surface area (Å²) in [5.74, 6) is 2.31. The molecule has 19 heavy (non-hydrogen) atoms. The highest BCUT2D eigenvalue weighted by molar-refractivity contribution is 7.16. The molecule has 3 aliphatic rings. The van der Waals surface area contributed by atoms with Crippen LogP contribution in [0.5, 0.6) is 0 Å². The molecule has 3 fully saturated rings. The number of aromatic nitrogens is 4. The summed E-state index contributed by atoms with van der Waals surface area (Å²) in [5.41, 5.74) is 0. The molecule has 2 bridgehead atoms. The van der Waals surface area contributed by atoms with Gasteiger partial charge in [-0.1, -0.05) is 17.8 Å². The predicted octanol–water partition coefficient (Wildman–Crippen LogP) is 2.06. The third kappa shape index (κ3) is 1.47. The largest absolute Gasteiger partial charge is 0.311 e. The van der Waals surface area contributed by atoms with Gasteiger partial charge in [-0.2, -0.15) is 9.61 Å². The molecule has 1 N–H and O–H groups in total. The van der Waals surface area contributed by atoms with Gasteiger partial charge >= 0.3 is 0 Å². The van der Waals surface area contributed by atoms with Crippen molar-refractivity contribution in [2.75, 3.05) is 0 Å². The van der Waals surface area contributed by atoms with E-state index in [-0.39, 0.29) is 0 Å². The second-order valence-corrected chi connectivity index (χ2v) is 7.20. The monoisotopic (exact) mass is 275 g/mol. The van der Waals surface area contributed by atoms with Gasteiger partial charge in [-0.3, -0.25) is 0 Å². The van der Waals surface area contributed by atoms with Gasteiger partial charge in [-0.15, -0.1) is 10.2 Å². The molecule has 5 rings (SSSR count). The lowest BCUT2D eigenvalue weighted by Crippen LogP contribution is -2.21. The Hall–Kier alpha value is -1.01. The molecule has 100 valence electrons. The lowest BCUT2D eigenvalue weighted by Gasteiger charge is -2.22. The van der Waals surface area contributed by atoms with Gasteiger partial charge in [-0.25, -0.2) is 0 Å². The lowest BCUT2D eigenvalue weighted by molar-refractivity contribution is 0.394. The van der Waals surface area contributed by atoms with Gasteiger partial charge < -0.3 is 5.32 Å². The molecule has 4 heterocycles. The maximum Gasteiger partial charge on any atom is 0.234 e. The summed E-state index contributed by atoms with van der Waals surface area (Å²) in [6.07, 6.45) is 7.75. The van der Waals surface area contributed by atoms with Crippen molar-refractivity contribution in [1.82, 2.24) is 25.1 Å². The number of hydrogen-bond donors (Lipinski definition) is 1. The van der Waals surface area contributed by atoms with Crippen molar-refractivity contribution in [2.24, 2.45) is 0 Å². The van der Waals surface area contributed by atoms with E-state index in [1.54, 1.807) is 11.3 Å². The van der Waals surface area contributed by atoms with Crippen molar-refractivity contribution >= 4 is 16.3 Å². The first-order valence-corrected chi connectivity index (χ1v) is 8.18. The highest BCUT2D eigenvalue weighted by Crippen LogP contribution is 2.42. The van der Waals surface area contributed by atoms with Crippen molar-refractivity contribution in [3.63, 3.8) is 0 Å². The van der Waals surface area contributed by atoms with Crippen molar-refractivity contribution in [1.29, 1.82) is 0 Å². The predicted molar refractivity (Wildman–Crippen MR) is 72.6 cm³/mol. The zero-order valence-corrected chi connectivity index (χ0v) is 11.6. The molecule has 3 unspecified atom stereocenters. The number of hydrogen-bond acceptors (Lipinski definition) is 5.